The number of amides is 1. The molecule has 1 aromatic carbocycles. The molecule has 2 heterocycles. The summed E-state index contributed by atoms with van der Waals surface area (Å²) in [5, 5.41) is 4.32. The van der Waals surface area contributed by atoms with Gasteiger partial charge in [0, 0.05) is 24.6 Å². The molecule has 4 rings (SSSR count). The number of piperidine rings is 1. The first-order chi connectivity index (χ1) is 12.7. The van der Waals surface area contributed by atoms with E-state index in [9.17, 15) is 9.18 Å². The molecule has 0 atom stereocenters. The van der Waals surface area contributed by atoms with Gasteiger partial charge in [-0.05, 0) is 56.2 Å². The Morgan fingerprint density at radius 1 is 1.12 bits per heavy atom. The van der Waals surface area contributed by atoms with Crippen molar-refractivity contribution in [3.8, 4) is 0 Å². The maximum Gasteiger partial charge on any atom is 0.226 e. The van der Waals surface area contributed by atoms with Gasteiger partial charge in [0.15, 0.2) is 0 Å². The maximum atomic E-state index is 13.0. The number of benzene rings is 1. The molecule has 26 heavy (non-hydrogen) atoms. The minimum Gasteiger partial charge on any atom is -0.361 e. The number of carbonyl (C=O) groups excluding carboxylic acids is 1. The van der Waals surface area contributed by atoms with Crippen LogP contribution in [-0.2, 0) is 24.1 Å². The highest BCUT2D eigenvalue weighted by Gasteiger charge is 2.29. The minimum atomic E-state index is -0.270. The normalized spacial score (nSPS) is 18.4. The number of hydrogen-bond acceptors (Lipinski definition) is 3. The van der Waals surface area contributed by atoms with Crippen LogP contribution in [-0.4, -0.2) is 29.1 Å². The predicted octanol–water partition coefficient (Wildman–Crippen LogP) is 4.03. The van der Waals surface area contributed by atoms with Crippen LogP contribution in [0.2, 0.25) is 0 Å². The van der Waals surface area contributed by atoms with Crippen molar-refractivity contribution in [2.45, 2.75) is 57.3 Å². The summed E-state index contributed by atoms with van der Waals surface area (Å²) in [5.41, 5.74) is 3.37. The second kappa shape index (κ2) is 7.60. The largest absolute Gasteiger partial charge is 0.361 e. The molecule has 1 fully saturated rings. The number of nitrogens with zero attached hydrogens (tertiary/aromatic N) is 2. The fourth-order valence-electron chi connectivity index (χ4n) is 4.19. The Morgan fingerprint density at radius 3 is 2.62 bits per heavy atom. The van der Waals surface area contributed by atoms with Gasteiger partial charge < -0.3 is 9.42 Å². The number of hydrogen-bond donors (Lipinski definition) is 0. The Bertz CT molecular complexity index is 761. The quantitative estimate of drug-likeness (QED) is 0.780. The minimum absolute atomic E-state index is 0.117. The number of halogens is 1. The first-order valence-electron chi connectivity index (χ1n) is 9.70. The predicted molar refractivity (Wildman–Crippen MR) is 96.4 cm³/mol. The molecule has 0 unspecified atom stereocenters. The molecule has 0 N–H and O–H groups in total. The van der Waals surface area contributed by atoms with Gasteiger partial charge in [-0.15, -0.1) is 0 Å². The molecule has 2 aliphatic rings. The average Bonchev–Trinajstić information content (AvgIpc) is 2.92. The highest BCUT2D eigenvalue weighted by Crippen LogP contribution is 2.34. The monoisotopic (exact) mass is 356 g/mol. The highest BCUT2D eigenvalue weighted by molar-refractivity contribution is 5.78. The number of aryl methyl sites for hydroxylation is 1. The van der Waals surface area contributed by atoms with Crippen molar-refractivity contribution < 1.29 is 13.7 Å². The van der Waals surface area contributed by atoms with Crippen molar-refractivity contribution in [1.82, 2.24) is 10.1 Å². The van der Waals surface area contributed by atoms with Crippen molar-refractivity contribution in [2.75, 3.05) is 13.1 Å². The Hall–Kier alpha value is -2.17. The van der Waals surface area contributed by atoms with E-state index in [4.69, 9.17) is 4.52 Å². The lowest BCUT2D eigenvalue weighted by Gasteiger charge is -2.31. The molecule has 1 aromatic heterocycles. The summed E-state index contributed by atoms with van der Waals surface area (Å²) in [5.74, 6) is 1.30. The highest BCUT2D eigenvalue weighted by atomic mass is 19.1. The first-order valence-corrected chi connectivity index (χ1v) is 9.70. The zero-order chi connectivity index (χ0) is 17.9. The van der Waals surface area contributed by atoms with E-state index in [0.29, 0.717) is 12.3 Å². The standard InChI is InChI=1S/C21H25FN2O2/c22-17-8-6-15(7-9-17)14-20(25)24-12-10-16(11-13-24)21-18-4-2-1-3-5-19(18)23-26-21/h6-9,16H,1-5,10-14H2. The van der Waals surface area contributed by atoms with Gasteiger partial charge >= 0.3 is 0 Å². The van der Waals surface area contributed by atoms with Gasteiger partial charge in [0.1, 0.15) is 11.6 Å². The van der Waals surface area contributed by atoms with Gasteiger partial charge in [-0.2, -0.15) is 0 Å². The van der Waals surface area contributed by atoms with Crippen LogP contribution in [0, 0.1) is 5.82 Å². The Balaban J connectivity index is 1.36. The van der Waals surface area contributed by atoms with Crippen LogP contribution < -0.4 is 0 Å². The Labute approximate surface area is 153 Å². The van der Waals surface area contributed by atoms with E-state index in [0.717, 1.165) is 55.8 Å². The molecule has 0 bridgehead atoms. The Morgan fingerprint density at radius 2 is 1.85 bits per heavy atom. The smallest absolute Gasteiger partial charge is 0.226 e. The van der Waals surface area contributed by atoms with E-state index in [1.807, 2.05) is 4.90 Å². The van der Waals surface area contributed by atoms with E-state index in [2.05, 4.69) is 5.16 Å². The van der Waals surface area contributed by atoms with Crippen molar-refractivity contribution in [1.29, 1.82) is 0 Å². The molecule has 4 nitrogen and oxygen atoms in total. The van der Waals surface area contributed by atoms with Gasteiger partial charge in [0.05, 0.1) is 12.1 Å². The number of carbonyl (C=O) groups is 1. The van der Waals surface area contributed by atoms with E-state index in [1.165, 1.54) is 37.0 Å². The molecule has 0 saturated carbocycles. The summed E-state index contributed by atoms with van der Waals surface area (Å²) < 4.78 is 18.7. The van der Waals surface area contributed by atoms with E-state index in [1.54, 1.807) is 12.1 Å². The van der Waals surface area contributed by atoms with Crippen molar-refractivity contribution in [3.63, 3.8) is 0 Å². The van der Waals surface area contributed by atoms with Crippen LogP contribution in [0.5, 0.6) is 0 Å². The zero-order valence-electron chi connectivity index (χ0n) is 15.0. The summed E-state index contributed by atoms with van der Waals surface area (Å²) in [7, 11) is 0. The van der Waals surface area contributed by atoms with Crippen molar-refractivity contribution in [2.24, 2.45) is 0 Å². The molecule has 1 amide bonds. The first kappa shape index (κ1) is 17.3. The third kappa shape index (κ3) is 3.67. The summed E-state index contributed by atoms with van der Waals surface area (Å²) in [6, 6.07) is 6.18. The molecule has 1 aliphatic carbocycles. The van der Waals surface area contributed by atoms with E-state index >= 15 is 0 Å². The lowest BCUT2D eigenvalue weighted by atomic mass is 9.90. The number of aromatic nitrogens is 1. The van der Waals surface area contributed by atoms with Gasteiger partial charge in [-0.3, -0.25) is 4.79 Å². The molecule has 0 spiro atoms. The molecule has 2 aromatic rings. The molecule has 1 aliphatic heterocycles. The molecular weight excluding hydrogens is 331 g/mol. The second-order valence-corrected chi connectivity index (χ2v) is 7.49. The fourth-order valence-corrected chi connectivity index (χ4v) is 4.19. The summed E-state index contributed by atoms with van der Waals surface area (Å²) >= 11 is 0. The topological polar surface area (TPSA) is 46.3 Å². The number of rotatable bonds is 3. The zero-order valence-corrected chi connectivity index (χ0v) is 15.0. The van der Waals surface area contributed by atoms with Crippen LogP contribution in [0.1, 0.15) is 60.6 Å². The number of fused-ring (bicyclic) bond motifs is 1. The van der Waals surface area contributed by atoms with Crippen molar-refractivity contribution in [3.05, 3.63) is 52.7 Å². The summed E-state index contributed by atoms with van der Waals surface area (Å²) in [6.45, 7) is 1.50. The van der Waals surface area contributed by atoms with Crippen LogP contribution in [0.4, 0.5) is 4.39 Å². The van der Waals surface area contributed by atoms with Gasteiger partial charge in [0.2, 0.25) is 5.91 Å². The maximum absolute atomic E-state index is 13.0. The SMILES string of the molecule is O=C(Cc1ccc(F)cc1)N1CCC(c2onc3c2CCCCC3)CC1. The molecule has 5 heteroatoms. The molecule has 1 saturated heterocycles. The summed E-state index contributed by atoms with van der Waals surface area (Å²) in [4.78, 5) is 14.4. The second-order valence-electron chi connectivity index (χ2n) is 7.49. The van der Waals surface area contributed by atoms with Gasteiger partial charge in [-0.1, -0.05) is 23.7 Å². The van der Waals surface area contributed by atoms with E-state index < -0.39 is 0 Å². The van der Waals surface area contributed by atoms with Crippen LogP contribution in [0.25, 0.3) is 0 Å². The molecule has 138 valence electrons. The lowest BCUT2D eigenvalue weighted by Crippen LogP contribution is -2.38. The average molecular weight is 356 g/mol. The fraction of sp³-hybridized carbons (Fsp3) is 0.524. The molecule has 0 radical (unpaired) electrons. The van der Waals surface area contributed by atoms with Gasteiger partial charge in [0.25, 0.3) is 0 Å². The van der Waals surface area contributed by atoms with E-state index in [-0.39, 0.29) is 11.7 Å². The third-order valence-electron chi connectivity index (χ3n) is 5.73. The Kier molecular flexibility index (Phi) is 5.05. The lowest BCUT2D eigenvalue weighted by molar-refractivity contribution is -0.131. The van der Waals surface area contributed by atoms with Gasteiger partial charge in [-0.25, -0.2) is 4.39 Å². The third-order valence-corrected chi connectivity index (χ3v) is 5.73. The number of likely N-dealkylation sites (tertiary alicyclic amines) is 1. The van der Waals surface area contributed by atoms with Crippen LogP contribution >= 0.6 is 0 Å². The summed E-state index contributed by atoms with van der Waals surface area (Å²) in [6.07, 6.45) is 8.00. The van der Waals surface area contributed by atoms with Crippen LogP contribution in [0.3, 0.4) is 0 Å². The molecular formula is C21H25FN2O2. The van der Waals surface area contributed by atoms with Crippen molar-refractivity contribution >= 4 is 5.91 Å². The van der Waals surface area contributed by atoms with Crippen LogP contribution in [0.15, 0.2) is 28.8 Å².